The van der Waals surface area contributed by atoms with Crippen molar-refractivity contribution < 1.29 is 0 Å². The minimum atomic E-state index is 0.808. The Hall–Kier alpha value is -1.18. The van der Waals surface area contributed by atoms with Gasteiger partial charge in [0, 0.05) is 11.3 Å². The summed E-state index contributed by atoms with van der Waals surface area (Å²) in [5, 5.41) is 0. The monoisotopic (exact) mass is 160 g/mol. The normalized spacial score (nSPS) is 22.5. The van der Waals surface area contributed by atoms with Crippen molar-refractivity contribution in [3.63, 3.8) is 0 Å². The van der Waals surface area contributed by atoms with Crippen LogP contribution in [0.1, 0.15) is 12.8 Å². The van der Waals surface area contributed by atoms with Crippen molar-refractivity contribution >= 4 is 11.4 Å². The van der Waals surface area contributed by atoms with Crippen LogP contribution in [0.5, 0.6) is 0 Å². The maximum atomic E-state index is 4.45. The zero-order chi connectivity index (χ0) is 8.39. The van der Waals surface area contributed by atoms with Crippen LogP contribution in [0, 0.1) is 0 Å². The Morgan fingerprint density at radius 3 is 3.00 bits per heavy atom. The molecule has 1 heterocycles. The molecule has 0 spiro atoms. The van der Waals surface area contributed by atoms with E-state index in [1.165, 1.54) is 0 Å². The molecule has 0 aromatic rings. The van der Waals surface area contributed by atoms with E-state index >= 15 is 0 Å². The standard InChI is InChI=1S/C10H12N2/c1-8-9-4-2-3-5-10(8)12-7-6-11-9/h2,4H,1,3,5-7H2. The van der Waals surface area contributed by atoms with E-state index in [1.54, 1.807) is 0 Å². The molecule has 0 fully saturated rings. The van der Waals surface area contributed by atoms with Crippen molar-refractivity contribution in [3.05, 3.63) is 24.3 Å². The van der Waals surface area contributed by atoms with Crippen LogP contribution in [-0.2, 0) is 0 Å². The first-order valence-electron chi connectivity index (χ1n) is 4.32. The molecule has 0 radical (unpaired) electrons. The average molecular weight is 160 g/mol. The average Bonchev–Trinajstić information content (AvgIpc) is 2.37. The van der Waals surface area contributed by atoms with Gasteiger partial charge < -0.3 is 0 Å². The van der Waals surface area contributed by atoms with Crippen molar-refractivity contribution in [1.29, 1.82) is 0 Å². The molecule has 2 rings (SSSR count). The van der Waals surface area contributed by atoms with Crippen molar-refractivity contribution in [2.24, 2.45) is 9.98 Å². The van der Waals surface area contributed by atoms with E-state index < -0.39 is 0 Å². The van der Waals surface area contributed by atoms with Gasteiger partial charge in [-0.3, -0.25) is 9.98 Å². The zero-order valence-corrected chi connectivity index (χ0v) is 7.08. The molecule has 12 heavy (non-hydrogen) atoms. The molecule has 0 saturated carbocycles. The highest BCUT2D eigenvalue weighted by Gasteiger charge is 2.13. The molecule has 2 nitrogen and oxygen atoms in total. The van der Waals surface area contributed by atoms with Gasteiger partial charge in [-0.05, 0) is 18.9 Å². The van der Waals surface area contributed by atoms with E-state index in [0.717, 1.165) is 42.9 Å². The molecular weight excluding hydrogens is 148 g/mol. The second-order valence-electron chi connectivity index (χ2n) is 3.01. The van der Waals surface area contributed by atoms with Gasteiger partial charge in [-0.2, -0.15) is 0 Å². The van der Waals surface area contributed by atoms with Gasteiger partial charge in [-0.25, -0.2) is 0 Å². The highest BCUT2D eigenvalue weighted by molar-refractivity contribution is 6.28. The quantitative estimate of drug-likeness (QED) is 0.516. The Morgan fingerprint density at radius 1 is 1.25 bits per heavy atom. The van der Waals surface area contributed by atoms with Crippen molar-refractivity contribution in [1.82, 2.24) is 0 Å². The summed E-state index contributed by atoms with van der Waals surface area (Å²) >= 11 is 0. The van der Waals surface area contributed by atoms with Gasteiger partial charge in [0.25, 0.3) is 0 Å². The van der Waals surface area contributed by atoms with Crippen molar-refractivity contribution in [2.75, 3.05) is 13.1 Å². The predicted octanol–water partition coefficient (Wildman–Crippen LogP) is 1.79. The molecule has 2 bridgehead atoms. The fraction of sp³-hybridized carbons (Fsp3) is 0.400. The second-order valence-corrected chi connectivity index (χ2v) is 3.01. The molecule has 0 amide bonds. The molecule has 0 unspecified atom stereocenters. The minimum absolute atomic E-state index is 0.808. The third-order valence-electron chi connectivity index (χ3n) is 2.17. The number of aliphatic imine (C=N–C) groups is 2. The molecule has 62 valence electrons. The van der Waals surface area contributed by atoms with Crippen LogP contribution < -0.4 is 0 Å². The number of allylic oxidation sites excluding steroid dienone is 3. The Balaban J connectivity index is 2.44. The zero-order valence-electron chi connectivity index (χ0n) is 7.08. The largest absolute Gasteiger partial charge is 0.287 e. The molecule has 0 saturated heterocycles. The van der Waals surface area contributed by atoms with Gasteiger partial charge in [0.2, 0.25) is 0 Å². The van der Waals surface area contributed by atoms with Gasteiger partial charge in [-0.1, -0.05) is 12.7 Å². The summed E-state index contributed by atoms with van der Waals surface area (Å²) in [5.41, 5.74) is 3.21. The first-order chi connectivity index (χ1) is 5.88. The maximum Gasteiger partial charge on any atom is 0.0656 e. The Bertz CT molecular complexity index is 295. The third-order valence-corrected chi connectivity index (χ3v) is 2.17. The lowest BCUT2D eigenvalue weighted by atomic mass is 10.1. The van der Waals surface area contributed by atoms with Gasteiger partial charge in [-0.15, -0.1) is 0 Å². The summed E-state index contributed by atoms with van der Waals surface area (Å²) in [6, 6.07) is 0. The van der Waals surface area contributed by atoms with Crippen LogP contribution in [0.4, 0.5) is 0 Å². The van der Waals surface area contributed by atoms with Gasteiger partial charge in [0.05, 0.1) is 18.8 Å². The summed E-state index contributed by atoms with van der Waals surface area (Å²) in [6.07, 6.45) is 6.30. The lowest BCUT2D eigenvalue weighted by molar-refractivity contribution is 0.969. The van der Waals surface area contributed by atoms with Crippen LogP contribution in [0.25, 0.3) is 0 Å². The molecule has 0 N–H and O–H groups in total. The molecule has 1 aliphatic heterocycles. The van der Waals surface area contributed by atoms with E-state index in [1.807, 2.05) is 0 Å². The minimum Gasteiger partial charge on any atom is -0.287 e. The second kappa shape index (κ2) is 3.05. The number of hydrogen-bond donors (Lipinski definition) is 0. The lowest BCUT2D eigenvalue weighted by Gasteiger charge is -2.02. The topological polar surface area (TPSA) is 24.7 Å². The summed E-state index contributed by atoms with van der Waals surface area (Å²) in [7, 11) is 0. The van der Waals surface area contributed by atoms with Crippen molar-refractivity contribution in [3.8, 4) is 0 Å². The lowest BCUT2D eigenvalue weighted by Crippen LogP contribution is -2.06. The highest BCUT2D eigenvalue weighted by atomic mass is 14.9. The van der Waals surface area contributed by atoms with Gasteiger partial charge >= 0.3 is 0 Å². The SMILES string of the molecule is C=C1C2=NCCN=C1CCC=C2. The van der Waals surface area contributed by atoms with Crippen LogP contribution in [0.2, 0.25) is 0 Å². The van der Waals surface area contributed by atoms with Crippen LogP contribution in [-0.4, -0.2) is 24.5 Å². The van der Waals surface area contributed by atoms with Crippen molar-refractivity contribution in [2.45, 2.75) is 12.8 Å². The summed E-state index contributed by atoms with van der Waals surface area (Å²) < 4.78 is 0. The summed E-state index contributed by atoms with van der Waals surface area (Å²) in [5.74, 6) is 0. The Labute approximate surface area is 72.4 Å². The fourth-order valence-electron chi connectivity index (χ4n) is 1.49. The maximum absolute atomic E-state index is 4.45. The van der Waals surface area contributed by atoms with E-state index in [2.05, 4.69) is 28.7 Å². The van der Waals surface area contributed by atoms with Crippen LogP contribution >= 0.6 is 0 Å². The smallest absolute Gasteiger partial charge is 0.0656 e. The van der Waals surface area contributed by atoms with Crippen LogP contribution in [0.15, 0.2) is 34.3 Å². The van der Waals surface area contributed by atoms with Gasteiger partial charge in [0.1, 0.15) is 0 Å². The highest BCUT2D eigenvalue weighted by Crippen LogP contribution is 2.14. The molecular formula is C10H12N2. The third kappa shape index (κ3) is 1.24. The first kappa shape index (κ1) is 7.47. The fourth-order valence-corrected chi connectivity index (χ4v) is 1.49. The van der Waals surface area contributed by atoms with E-state index in [4.69, 9.17) is 0 Å². The number of rotatable bonds is 0. The molecule has 0 aromatic carbocycles. The molecule has 2 aliphatic rings. The van der Waals surface area contributed by atoms with E-state index in [9.17, 15) is 0 Å². The summed E-state index contributed by atoms with van der Waals surface area (Å²) in [6.45, 7) is 5.64. The van der Waals surface area contributed by atoms with E-state index in [-0.39, 0.29) is 0 Å². The number of hydrogen-bond acceptors (Lipinski definition) is 2. The van der Waals surface area contributed by atoms with Gasteiger partial charge in [0.15, 0.2) is 0 Å². The predicted molar refractivity (Wildman–Crippen MR) is 52.1 cm³/mol. The molecule has 0 atom stereocenters. The Morgan fingerprint density at radius 2 is 2.08 bits per heavy atom. The Kier molecular flexibility index (Phi) is 1.90. The molecule has 2 heteroatoms. The molecule has 0 aromatic heterocycles. The number of nitrogens with zero attached hydrogens (tertiary/aromatic N) is 2. The summed E-state index contributed by atoms with van der Waals surface area (Å²) in [4.78, 5) is 8.85. The first-order valence-corrected chi connectivity index (χ1v) is 4.32. The van der Waals surface area contributed by atoms with Crippen LogP contribution in [0.3, 0.4) is 0 Å². The number of fused-ring (bicyclic) bond motifs is 2. The van der Waals surface area contributed by atoms with E-state index in [0.29, 0.717) is 0 Å². The molecule has 1 aliphatic carbocycles.